The highest BCUT2D eigenvalue weighted by molar-refractivity contribution is 9.10. The second-order valence-corrected chi connectivity index (χ2v) is 9.18. The van der Waals surface area contributed by atoms with Crippen LogP contribution in [0.1, 0.15) is 23.2 Å². The van der Waals surface area contributed by atoms with Crippen LogP contribution < -0.4 is 10.2 Å². The van der Waals surface area contributed by atoms with E-state index in [2.05, 4.69) is 38.2 Å². The molecule has 1 atom stereocenters. The molecule has 1 unspecified atom stereocenters. The van der Waals surface area contributed by atoms with E-state index in [1.165, 1.54) is 0 Å². The van der Waals surface area contributed by atoms with E-state index in [1.807, 2.05) is 11.0 Å². The highest BCUT2D eigenvalue weighted by atomic mass is 79.9. The number of anilines is 3. The zero-order chi connectivity index (χ0) is 20.2. The molecule has 3 amide bonds. The summed E-state index contributed by atoms with van der Waals surface area (Å²) in [5.41, 5.74) is 1.71. The van der Waals surface area contributed by atoms with Gasteiger partial charge in [0.15, 0.2) is 5.82 Å². The summed E-state index contributed by atoms with van der Waals surface area (Å²) >= 11 is 3.43. The van der Waals surface area contributed by atoms with Gasteiger partial charge in [0.1, 0.15) is 0 Å². The predicted octanol–water partition coefficient (Wildman–Crippen LogP) is 3.70. The first-order valence-corrected chi connectivity index (χ1v) is 10.6. The van der Waals surface area contributed by atoms with Gasteiger partial charge in [-0.25, -0.2) is 14.7 Å². The van der Waals surface area contributed by atoms with Gasteiger partial charge < -0.3 is 15.1 Å². The molecule has 0 radical (unpaired) electrons. The molecule has 5 rings (SSSR count). The summed E-state index contributed by atoms with van der Waals surface area (Å²) in [6, 6.07) is 8.80. The Kier molecular flexibility index (Phi) is 4.36. The third kappa shape index (κ3) is 3.11. The monoisotopic (exact) mass is 455 g/mol. The number of carbonyl (C=O) groups excluding carboxylic acids is 2. The van der Waals surface area contributed by atoms with Gasteiger partial charge >= 0.3 is 6.03 Å². The number of likely N-dealkylation sites (tertiary alicyclic amines) is 2. The van der Waals surface area contributed by atoms with Crippen LogP contribution in [0.15, 0.2) is 41.0 Å². The van der Waals surface area contributed by atoms with Crippen LogP contribution in [0.4, 0.5) is 22.0 Å². The Morgan fingerprint density at radius 3 is 2.83 bits per heavy atom. The Balaban J connectivity index is 1.56. The van der Waals surface area contributed by atoms with E-state index in [-0.39, 0.29) is 17.4 Å². The molecule has 0 saturated carbocycles. The van der Waals surface area contributed by atoms with Crippen molar-refractivity contribution in [2.45, 2.75) is 12.8 Å². The number of carbonyl (C=O) groups is 2. The molecule has 2 aromatic rings. The second kappa shape index (κ2) is 6.81. The molecule has 0 bridgehead atoms. The molecular weight excluding hydrogens is 434 g/mol. The Bertz CT molecular complexity index is 1010. The third-order valence-electron chi connectivity index (χ3n) is 6.22. The Hall–Kier alpha value is -2.45. The number of urea groups is 1. The molecule has 4 heterocycles. The fourth-order valence-corrected chi connectivity index (χ4v) is 5.15. The van der Waals surface area contributed by atoms with Crippen LogP contribution in [-0.4, -0.2) is 59.9 Å². The maximum atomic E-state index is 13.7. The van der Waals surface area contributed by atoms with Crippen LogP contribution in [0, 0.1) is 5.41 Å². The van der Waals surface area contributed by atoms with Crippen molar-refractivity contribution in [2.75, 3.05) is 43.4 Å². The van der Waals surface area contributed by atoms with Crippen molar-refractivity contribution >= 4 is 45.1 Å². The molecule has 29 heavy (non-hydrogen) atoms. The number of nitrogens with one attached hydrogen (secondary N) is 1. The maximum absolute atomic E-state index is 13.7. The largest absolute Gasteiger partial charge is 0.330 e. The minimum absolute atomic E-state index is 0.128. The van der Waals surface area contributed by atoms with Crippen molar-refractivity contribution in [3.05, 3.63) is 46.6 Å². The molecule has 2 saturated heterocycles. The van der Waals surface area contributed by atoms with Crippen LogP contribution in [0.25, 0.3) is 0 Å². The van der Waals surface area contributed by atoms with E-state index in [0.29, 0.717) is 22.8 Å². The van der Waals surface area contributed by atoms with Gasteiger partial charge in [-0.05, 0) is 56.8 Å². The molecule has 1 aromatic carbocycles. The maximum Gasteiger partial charge on any atom is 0.330 e. The van der Waals surface area contributed by atoms with Gasteiger partial charge in [-0.3, -0.25) is 4.79 Å². The van der Waals surface area contributed by atoms with Crippen molar-refractivity contribution in [3.8, 4) is 0 Å². The van der Waals surface area contributed by atoms with Crippen LogP contribution in [0.3, 0.4) is 0 Å². The topological polar surface area (TPSA) is 68.8 Å². The quantitative estimate of drug-likeness (QED) is 0.657. The highest BCUT2D eigenvalue weighted by Crippen LogP contribution is 2.42. The van der Waals surface area contributed by atoms with Gasteiger partial charge in [0.2, 0.25) is 0 Å². The van der Waals surface area contributed by atoms with Crippen LogP contribution in [-0.2, 0) is 0 Å². The lowest BCUT2D eigenvalue weighted by atomic mass is 9.86. The molecule has 1 N–H and O–H groups in total. The number of benzene rings is 1. The van der Waals surface area contributed by atoms with Gasteiger partial charge in [-0.2, -0.15) is 0 Å². The number of amides is 3. The SMILES string of the molecule is CN1CCC2(CCN(C(=O)N3c4ccc(Br)cc4C(=O)Nc4cccnc43)C2)C1. The molecule has 0 aliphatic carbocycles. The summed E-state index contributed by atoms with van der Waals surface area (Å²) < 4.78 is 0.784. The third-order valence-corrected chi connectivity index (χ3v) is 6.71. The van der Waals surface area contributed by atoms with Gasteiger partial charge in [0.05, 0.1) is 16.9 Å². The number of nitrogens with zero attached hydrogens (tertiary/aromatic N) is 4. The number of hydrogen-bond acceptors (Lipinski definition) is 4. The second-order valence-electron chi connectivity index (χ2n) is 8.27. The summed E-state index contributed by atoms with van der Waals surface area (Å²) in [6.07, 6.45) is 3.77. The average molecular weight is 456 g/mol. The fraction of sp³-hybridized carbons (Fsp3) is 0.381. The standard InChI is InChI=1S/C21H22BrN5O2/c1-25-9-6-21(12-25)7-10-26(13-21)20(29)27-17-5-4-14(22)11-15(17)19(28)24-16-3-2-8-23-18(16)27/h2-5,8,11H,6-7,9-10,12-13H2,1H3,(H,24,28). The molecule has 3 aliphatic heterocycles. The fourth-order valence-electron chi connectivity index (χ4n) is 4.79. The number of rotatable bonds is 0. The van der Waals surface area contributed by atoms with Gasteiger partial charge in [0, 0.05) is 35.7 Å². The first kappa shape index (κ1) is 18.6. The minimum atomic E-state index is -0.249. The molecule has 3 aliphatic rings. The highest BCUT2D eigenvalue weighted by Gasteiger charge is 2.45. The summed E-state index contributed by atoms with van der Waals surface area (Å²) in [5, 5.41) is 2.89. The van der Waals surface area contributed by atoms with Crippen molar-refractivity contribution in [3.63, 3.8) is 0 Å². The summed E-state index contributed by atoms with van der Waals surface area (Å²) in [6.45, 7) is 3.56. The lowest BCUT2D eigenvalue weighted by Gasteiger charge is -2.29. The van der Waals surface area contributed by atoms with E-state index >= 15 is 0 Å². The van der Waals surface area contributed by atoms with E-state index in [9.17, 15) is 9.59 Å². The zero-order valence-electron chi connectivity index (χ0n) is 16.2. The first-order chi connectivity index (χ1) is 14.0. The lowest BCUT2D eigenvalue weighted by Crippen LogP contribution is -2.41. The molecule has 8 heteroatoms. The van der Waals surface area contributed by atoms with Gasteiger partial charge in [0.25, 0.3) is 5.91 Å². The summed E-state index contributed by atoms with van der Waals surface area (Å²) in [4.78, 5) is 36.9. The molecule has 1 aromatic heterocycles. The van der Waals surface area contributed by atoms with E-state index in [1.54, 1.807) is 35.4 Å². The van der Waals surface area contributed by atoms with Crippen molar-refractivity contribution in [1.29, 1.82) is 0 Å². The summed E-state index contributed by atoms with van der Waals surface area (Å²) in [7, 11) is 2.14. The normalized spacial score (nSPS) is 23.7. The number of hydrogen-bond donors (Lipinski definition) is 1. The Morgan fingerprint density at radius 2 is 2.03 bits per heavy atom. The van der Waals surface area contributed by atoms with E-state index in [4.69, 9.17) is 0 Å². The predicted molar refractivity (Wildman–Crippen MR) is 115 cm³/mol. The minimum Gasteiger partial charge on any atom is -0.323 e. The molecule has 7 nitrogen and oxygen atoms in total. The van der Waals surface area contributed by atoms with Crippen LogP contribution in [0.5, 0.6) is 0 Å². The van der Waals surface area contributed by atoms with Crippen LogP contribution in [0.2, 0.25) is 0 Å². The van der Waals surface area contributed by atoms with Gasteiger partial charge in [-0.1, -0.05) is 15.9 Å². The van der Waals surface area contributed by atoms with Gasteiger partial charge in [-0.15, -0.1) is 0 Å². The molecule has 150 valence electrons. The van der Waals surface area contributed by atoms with Crippen molar-refractivity contribution < 1.29 is 9.59 Å². The Labute approximate surface area is 177 Å². The average Bonchev–Trinajstić information content (AvgIpc) is 3.26. The van der Waals surface area contributed by atoms with Crippen LogP contribution >= 0.6 is 15.9 Å². The smallest absolute Gasteiger partial charge is 0.323 e. The number of pyridine rings is 1. The number of aromatic nitrogens is 1. The van der Waals surface area contributed by atoms with E-state index in [0.717, 1.165) is 43.5 Å². The first-order valence-electron chi connectivity index (χ1n) is 9.79. The molecule has 1 spiro atoms. The van der Waals surface area contributed by atoms with E-state index < -0.39 is 0 Å². The zero-order valence-corrected chi connectivity index (χ0v) is 17.8. The van der Waals surface area contributed by atoms with Crippen molar-refractivity contribution in [1.82, 2.24) is 14.8 Å². The number of fused-ring (bicyclic) bond motifs is 2. The molecular formula is C21H22BrN5O2. The van der Waals surface area contributed by atoms with Crippen molar-refractivity contribution in [2.24, 2.45) is 5.41 Å². The molecule has 2 fully saturated rings. The summed E-state index contributed by atoms with van der Waals surface area (Å²) in [5.74, 6) is 0.206. The number of halogens is 1. The lowest BCUT2D eigenvalue weighted by molar-refractivity contribution is 0.102. The Morgan fingerprint density at radius 1 is 1.21 bits per heavy atom.